The molecule has 1 atom stereocenters. The molecule has 0 radical (unpaired) electrons. The van der Waals surface area contributed by atoms with Crippen LogP contribution in [0.4, 0.5) is 0 Å². The van der Waals surface area contributed by atoms with Crippen molar-refractivity contribution in [1.82, 2.24) is 5.32 Å². The molecule has 0 aliphatic carbocycles. The van der Waals surface area contributed by atoms with Crippen molar-refractivity contribution in [1.29, 1.82) is 0 Å². The summed E-state index contributed by atoms with van der Waals surface area (Å²) in [6, 6.07) is 5.22. The minimum Gasteiger partial charge on any atom is -0.507 e. The molecule has 0 spiro atoms. The minimum absolute atomic E-state index is 0.0520. The highest BCUT2D eigenvalue weighted by Crippen LogP contribution is 2.21. The zero-order valence-corrected chi connectivity index (χ0v) is 9.90. The van der Waals surface area contributed by atoms with Crippen LogP contribution in [0, 0.1) is 6.92 Å². The molecular formula is C13H17NO3. The maximum absolute atomic E-state index is 12.0. The van der Waals surface area contributed by atoms with Crippen LogP contribution in [0.15, 0.2) is 18.2 Å². The first kappa shape index (κ1) is 11.9. The second-order valence-electron chi connectivity index (χ2n) is 4.36. The maximum atomic E-state index is 12.0. The third kappa shape index (κ3) is 2.77. The minimum atomic E-state index is -0.235. The van der Waals surface area contributed by atoms with E-state index in [2.05, 4.69) is 5.32 Å². The molecule has 0 aromatic heterocycles. The van der Waals surface area contributed by atoms with E-state index >= 15 is 0 Å². The Bertz CT molecular complexity index is 411. The molecule has 0 saturated carbocycles. The molecule has 1 aromatic rings. The van der Waals surface area contributed by atoms with Gasteiger partial charge in [0.2, 0.25) is 0 Å². The molecule has 2 N–H and O–H groups in total. The lowest BCUT2D eigenvalue weighted by Gasteiger charge is -2.23. The number of hydrogen-bond donors (Lipinski definition) is 2. The lowest BCUT2D eigenvalue weighted by Crippen LogP contribution is -2.40. The van der Waals surface area contributed by atoms with Crippen LogP contribution in [0.1, 0.15) is 28.8 Å². The summed E-state index contributed by atoms with van der Waals surface area (Å²) in [5.41, 5.74) is 1.04. The van der Waals surface area contributed by atoms with Crippen LogP contribution in [0.2, 0.25) is 0 Å². The van der Waals surface area contributed by atoms with Crippen LogP contribution in [-0.2, 0) is 4.74 Å². The maximum Gasteiger partial charge on any atom is 0.255 e. The van der Waals surface area contributed by atoms with Gasteiger partial charge in [0.05, 0.1) is 18.2 Å². The molecule has 4 nitrogen and oxygen atoms in total. The monoisotopic (exact) mass is 235 g/mol. The first-order valence-corrected chi connectivity index (χ1v) is 5.85. The number of aryl methyl sites for hydroxylation is 1. The Hall–Kier alpha value is -1.55. The summed E-state index contributed by atoms with van der Waals surface area (Å²) in [6.45, 7) is 3.09. The van der Waals surface area contributed by atoms with Gasteiger partial charge in [-0.05, 0) is 31.4 Å². The van der Waals surface area contributed by atoms with Gasteiger partial charge in [-0.2, -0.15) is 0 Å². The number of phenols is 1. The predicted molar refractivity (Wildman–Crippen MR) is 64.2 cm³/mol. The molecule has 1 saturated heterocycles. The Labute approximate surface area is 101 Å². The van der Waals surface area contributed by atoms with Gasteiger partial charge in [-0.25, -0.2) is 0 Å². The summed E-state index contributed by atoms with van der Waals surface area (Å²) >= 11 is 0. The van der Waals surface area contributed by atoms with Crippen molar-refractivity contribution < 1.29 is 14.6 Å². The number of amides is 1. The van der Waals surface area contributed by atoms with E-state index in [4.69, 9.17) is 4.74 Å². The summed E-state index contributed by atoms with van der Waals surface area (Å²) in [6.07, 6.45) is 1.89. The molecular weight excluding hydrogens is 218 g/mol. The molecule has 2 rings (SSSR count). The first-order chi connectivity index (χ1) is 8.18. The topological polar surface area (TPSA) is 58.6 Å². The zero-order valence-electron chi connectivity index (χ0n) is 9.90. The van der Waals surface area contributed by atoms with Crippen LogP contribution in [0.5, 0.6) is 5.75 Å². The normalized spacial score (nSPS) is 19.9. The summed E-state index contributed by atoms with van der Waals surface area (Å²) in [7, 11) is 0. The van der Waals surface area contributed by atoms with Gasteiger partial charge in [0.1, 0.15) is 5.75 Å². The fraction of sp³-hybridized carbons (Fsp3) is 0.462. The van der Waals surface area contributed by atoms with Crippen LogP contribution < -0.4 is 5.32 Å². The van der Waals surface area contributed by atoms with Crippen molar-refractivity contribution in [3.05, 3.63) is 29.3 Å². The van der Waals surface area contributed by atoms with Gasteiger partial charge in [0.25, 0.3) is 5.91 Å². The molecule has 1 aromatic carbocycles. The number of aromatic hydroxyl groups is 1. The number of carbonyl (C=O) groups excluding carboxylic acids is 1. The number of hydrogen-bond acceptors (Lipinski definition) is 3. The van der Waals surface area contributed by atoms with E-state index in [1.807, 2.05) is 0 Å². The smallest absolute Gasteiger partial charge is 0.255 e. The molecule has 1 fully saturated rings. The van der Waals surface area contributed by atoms with Crippen molar-refractivity contribution in [3.8, 4) is 5.75 Å². The zero-order chi connectivity index (χ0) is 12.3. The van der Waals surface area contributed by atoms with E-state index in [0.717, 1.165) is 19.4 Å². The number of ether oxygens (including phenoxy) is 1. The molecule has 1 aliphatic heterocycles. The fourth-order valence-electron chi connectivity index (χ4n) is 1.96. The van der Waals surface area contributed by atoms with Crippen LogP contribution >= 0.6 is 0 Å². The average Bonchev–Trinajstić information content (AvgIpc) is 2.34. The summed E-state index contributed by atoms with van der Waals surface area (Å²) in [5, 5.41) is 12.7. The largest absolute Gasteiger partial charge is 0.507 e. The van der Waals surface area contributed by atoms with Gasteiger partial charge in [0.15, 0.2) is 0 Å². The quantitative estimate of drug-likeness (QED) is 0.818. The van der Waals surface area contributed by atoms with Gasteiger partial charge in [-0.3, -0.25) is 4.79 Å². The third-order valence-electron chi connectivity index (χ3n) is 2.98. The summed E-state index contributed by atoms with van der Waals surface area (Å²) in [4.78, 5) is 12.0. The number of phenolic OH excluding ortho intramolecular Hbond substituents is 1. The summed E-state index contributed by atoms with van der Waals surface area (Å²) in [5.74, 6) is -0.177. The average molecular weight is 235 g/mol. The number of nitrogens with one attached hydrogen (secondary N) is 1. The third-order valence-corrected chi connectivity index (χ3v) is 2.98. The highest BCUT2D eigenvalue weighted by atomic mass is 16.5. The number of carbonyl (C=O) groups is 1. The summed E-state index contributed by atoms with van der Waals surface area (Å²) < 4.78 is 5.30. The highest BCUT2D eigenvalue weighted by Gasteiger charge is 2.19. The lowest BCUT2D eigenvalue weighted by atomic mass is 10.1. The fourth-order valence-corrected chi connectivity index (χ4v) is 1.96. The first-order valence-electron chi connectivity index (χ1n) is 5.85. The van der Waals surface area contributed by atoms with Crippen LogP contribution in [-0.4, -0.2) is 30.3 Å². The van der Waals surface area contributed by atoms with Gasteiger partial charge in [-0.1, -0.05) is 12.1 Å². The van der Waals surface area contributed by atoms with Gasteiger partial charge < -0.3 is 15.2 Å². The standard InChI is InChI=1S/C13H17NO3/c1-9-4-2-6-11(12(9)15)13(16)14-10-5-3-7-17-8-10/h2,4,6,10,15H,3,5,7-8H2,1H3,(H,14,16). The van der Waals surface area contributed by atoms with Gasteiger partial charge in [0, 0.05) is 6.61 Å². The van der Waals surface area contributed by atoms with Gasteiger partial charge in [-0.15, -0.1) is 0 Å². The van der Waals surface area contributed by atoms with E-state index in [9.17, 15) is 9.90 Å². The van der Waals surface area contributed by atoms with Crippen molar-refractivity contribution in [2.75, 3.05) is 13.2 Å². The van der Waals surface area contributed by atoms with Crippen molar-refractivity contribution in [2.45, 2.75) is 25.8 Å². The van der Waals surface area contributed by atoms with Crippen LogP contribution in [0.3, 0.4) is 0 Å². The molecule has 1 heterocycles. The Balaban J connectivity index is 2.06. The van der Waals surface area contributed by atoms with E-state index in [1.165, 1.54) is 0 Å². The predicted octanol–water partition coefficient (Wildman–Crippen LogP) is 1.61. The molecule has 1 amide bonds. The SMILES string of the molecule is Cc1cccc(C(=O)NC2CCCOC2)c1O. The Morgan fingerprint density at radius 3 is 3.06 bits per heavy atom. The number of benzene rings is 1. The van der Waals surface area contributed by atoms with Crippen molar-refractivity contribution in [2.24, 2.45) is 0 Å². The molecule has 1 aliphatic rings. The van der Waals surface area contributed by atoms with E-state index in [1.54, 1.807) is 25.1 Å². The lowest BCUT2D eigenvalue weighted by molar-refractivity contribution is 0.0623. The Morgan fingerprint density at radius 2 is 2.35 bits per heavy atom. The van der Waals surface area contributed by atoms with E-state index in [-0.39, 0.29) is 17.7 Å². The van der Waals surface area contributed by atoms with Crippen LogP contribution in [0.25, 0.3) is 0 Å². The van der Waals surface area contributed by atoms with E-state index < -0.39 is 0 Å². The molecule has 4 heteroatoms. The van der Waals surface area contributed by atoms with E-state index in [0.29, 0.717) is 17.7 Å². The highest BCUT2D eigenvalue weighted by molar-refractivity contribution is 5.97. The molecule has 17 heavy (non-hydrogen) atoms. The van der Waals surface area contributed by atoms with Crippen molar-refractivity contribution in [3.63, 3.8) is 0 Å². The Morgan fingerprint density at radius 1 is 1.53 bits per heavy atom. The Kier molecular flexibility index (Phi) is 3.64. The number of para-hydroxylation sites is 1. The number of rotatable bonds is 2. The van der Waals surface area contributed by atoms with Crippen molar-refractivity contribution >= 4 is 5.91 Å². The molecule has 1 unspecified atom stereocenters. The second-order valence-corrected chi connectivity index (χ2v) is 4.36. The van der Waals surface area contributed by atoms with Gasteiger partial charge >= 0.3 is 0 Å². The molecule has 0 bridgehead atoms. The second kappa shape index (κ2) is 5.19. The molecule has 92 valence electrons.